The van der Waals surface area contributed by atoms with Gasteiger partial charge in [-0.25, -0.2) is 13.2 Å². The van der Waals surface area contributed by atoms with Crippen LogP contribution < -0.4 is 10.6 Å². The summed E-state index contributed by atoms with van der Waals surface area (Å²) in [6.07, 6.45) is -15.7. The Bertz CT molecular complexity index is 1280. The number of hydrogen-bond donors (Lipinski definition) is 2. The summed E-state index contributed by atoms with van der Waals surface area (Å²) in [5, 5.41) is 3.14. The molecule has 2 aromatic carbocycles. The van der Waals surface area contributed by atoms with Crippen molar-refractivity contribution in [1.82, 2.24) is 10.6 Å². The van der Waals surface area contributed by atoms with Crippen LogP contribution in [-0.2, 0) is 11.0 Å². The molecule has 0 saturated carbocycles. The Morgan fingerprint density at radius 1 is 0.975 bits per heavy atom. The van der Waals surface area contributed by atoms with Gasteiger partial charge in [0.05, 0.1) is 15.6 Å². The third-order valence-corrected chi connectivity index (χ3v) is 5.66. The zero-order valence-electron chi connectivity index (χ0n) is 19.6. The summed E-state index contributed by atoms with van der Waals surface area (Å²) in [5.74, 6) is -11.1. The van der Waals surface area contributed by atoms with E-state index in [0.717, 1.165) is 6.92 Å². The van der Waals surface area contributed by atoms with Crippen molar-refractivity contribution in [3.8, 4) is 0 Å². The highest BCUT2D eigenvalue weighted by Crippen LogP contribution is 2.41. The molecule has 0 radical (unpaired) electrons. The van der Waals surface area contributed by atoms with Crippen LogP contribution in [0.3, 0.4) is 0 Å². The smallest absolute Gasteiger partial charge is 0.345 e. The maximum atomic E-state index is 14.8. The summed E-state index contributed by atoms with van der Waals surface area (Å²) < 4.78 is 160. The molecule has 0 aliphatic carbocycles. The minimum Gasteiger partial charge on any atom is -0.345 e. The number of halogens is 13. The van der Waals surface area contributed by atoms with Crippen molar-refractivity contribution in [3.05, 3.63) is 74.8 Å². The monoisotopic (exact) mass is 658 g/mol. The topological polar surface area (TPSA) is 58.2 Å². The number of carbonyl (C=O) groups is 2. The minimum atomic E-state index is -5.39. The van der Waals surface area contributed by atoms with Crippen LogP contribution in [-0.4, -0.2) is 36.8 Å². The van der Waals surface area contributed by atoms with E-state index in [1.807, 2.05) is 0 Å². The van der Waals surface area contributed by atoms with Gasteiger partial charge in [0, 0.05) is 5.56 Å². The van der Waals surface area contributed by atoms with Crippen molar-refractivity contribution in [3.63, 3.8) is 0 Å². The lowest BCUT2D eigenvalue weighted by Crippen LogP contribution is -2.47. The lowest BCUT2D eigenvalue weighted by Gasteiger charge is -2.19. The van der Waals surface area contributed by atoms with Gasteiger partial charge in [-0.05, 0) is 58.8 Å². The second-order valence-electron chi connectivity index (χ2n) is 8.12. The maximum absolute atomic E-state index is 14.8. The van der Waals surface area contributed by atoms with Crippen LogP contribution >= 0.6 is 15.9 Å². The predicted octanol–water partition coefficient (Wildman–Crippen LogP) is 7.20. The number of nitrogens with one attached hydrogen (secondary N) is 2. The van der Waals surface area contributed by atoms with Crippen molar-refractivity contribution in [1.29, 1.82) is 0 Å². The molecule has 2 aromatic rings. The molecular weight excluding hydrogens is 644 g/mol. The highest BCUT2D eigenvalue weighted by Gasteiger charge is 2.41. The molecule has 0 saturated heterocycles. The normalized spacial score (nSPS) is 14.5. The van der Waals surface area contributed by atoms with E-state index in [0.29, 0.717) is 18.2 Å². The van der Waals surface area contributed by atoms with Crippen LogP contribution in [0.2, 0.25) is 0 Å². The molecule has 0 spiro atoms. The van der Waals surface area contributed by atoms with Gasteiger partial charge in [-0.3, -0.25) is 9.59 Å². The fourth-order valence-corrected chi connectivity index (χ4v) is 3.64. The number of allylic oxidation sites excluding steroid dienone is 1. The molecule has 40 heavy (non-hydrogen) atoms. The van der Waals surface area contributed by atoms with Crippen LogP contribution in [0, 0.1) is 11.6 Å². The van der Waals surface area contributed by atoms with Gasteiger partial charge in [0.2, 0.25) is 5.91 Å². The molecule has 17 heteroatoms. The van der Waals surface area contributed by atoms with Gasteiger partial charge in [0.25, 0.3) is 5.91 Å². The zero-order chi connectivity index (χ0) is 30.8. The standard InChI is InChI=1S/C23H15BrF12N2O2/c1-9(19(39)37-8-21(28,29)30)38-20(40)12-3-2-10(4-14(12)23(34,35)36)16(25)7-13(22(31,32)33)11-5-15(24)18(27)17(26)6-11/h2-7,9,13H,8H2,1H3,(H,37,39)(H,38,40)/b16-7-. The Morgan fingerprint density at radius 2 is 1.57 bits per heavy atom. The number of carbonyl (C=O) groups excluding carboxylic acids is 2. The Balaban J connectivity index is 2.45. The van der Waals surface area contributed by atoms with Gasteiger partial charge in [0.15, 0.2) is 11.6 Å². The van der Waals surface area contributed by atoms with Crippen LogP contribution in [0.15, 0.2) is 40.9 Å². The summed E-state index contributed by atoms with van der Waals surface area (Å²) in [7, 11) is 0. The lowest BCUT2D eigenvalue weighted by atomic mass is 9.95. The van der Waals surface area contributed by atoms with E-state index in [-0.39, 0.29) is 18.2 Å². The molecule has 220 valence electrons. The second-order valence-corrected chi connectivity index (χ2v) is 8.97. The summed E-state index contributed by atoms with van der Waals surface area (Å²) in [6.45, 7) is -0.928. The van der Waals surface area contributed by atoms with E-state index in [1.54, 1.807) is 5.32 Å². The molecule has 4 nitrogen and oxygen atoms in total. The van der Waals surface area contributed by atoms with E-state index < -0.39 is 93.0 Å². The molecule has 0 bridgehead atoms. The summed E-state index contributed by atoms with van der Waals surface area (Å²) in [6, 6.07) is -0.264. The molecule has 0 aliphatic rings. The van der Waals surface area contributed by atoms with E-state index in [9.17, 15) is 62.3 Å². The fourth-order valence-electron chi connectivity index (χ4n) is 3.18. The van der Waals surface area contributed by atoms with E-state index >= 15 is 0 Å². The molecule has 0 fully saturated rings. The first kappa shape index (κ1) is 33.0. The average molecular weight is 659 g/mol. The van der Waals surface area contributed by atoms with E-state index in [2.05, 4.69) is 15.9 Å². The number of hydrogen-bond acceptors (Lipinski definition) is 2. The highest BCUT2D eigenvalue weighted by molar-refractivity contribution is 9.10. The molecule has 2 N–H and O–H groups in total. The predicted molar refractivity (Wildman–Crippen MR) is 119 cm³/mol. The molecule has 2 unspecified atom stereocenters. The molecule has 0 aromatic heterocycles. The van der Waals surface area contributed by atoms with Crippen LogP contribution in [0.25, 0.3) is 5.83 Å². The summed E-state index contributed by atoms with van der Waals surface area (Å²) >= 11 is 2.50. The third kappa shape index (κ3) is 8.63. The minimum absolute atomic E-state index is 0.0102. The average Bonchev–Trinajstić information content (AvgIpc) is 2.81. The molecule has 2 rings (SSSR count). The van der Waals surface area contributed by atoms with Gasteiger partial charge in [0.1, 0.15) is 24.3 Å². The number of benzene rings is 2. The van der Waals surface area contributed by atoms with Crippen molar-refractivity contribution < 1.29 is 62.3 Å². The number of amides is 2. The zero-order valence-corrected chi connectivity index (χ0v) is 21.1. The molecular formula is C23H15BrF12N2O2. The van der Waals surface area contributed by atoms with Crippen molar-refractivity contribution in [2.75, 3.05) is 6.54 Å². The van der Waals surface area contributed by atoms with Gasteiger partial charge in [-0.1, -0.05) is 6.07 Å². The lowest BCUT2D eigenvalue weighted by molar-refractivity contribution is -0.140. The van der Waals surface area contributed by atoms with Gasteiger partial charge < -0.3 is 10.6 Å². The SMILES string of the molecule is CC(NC(=O)c1ccc(/C(F)=C/C(c2cc(F)c(F)c(Br)c2)C(F)(F)F)cc1C(F)(F)F)C(=O)NCC(F)(F)F. The fraction of sp³-hybridized carbons (Fsp3) is 0.304. The maximum Gasteiger partial charge on any atom is 0.417 e. The molecule has 0 heterocycles. The first-order valence-corrected chi connectivity index (χ1v) is 11.4. The Morgan fingerprint density at radius 3 is 2.08 bits per heavy atom. The van der Waals surface area contributed by atoms with Crippen molar-refractivity contribution in [2.45, 2.75) is 37.4 Å². The molecule has 0 aliphatic heterocycles. The van der Waals surface area contributed by atoms with Crippen LogP contribution in [0.5, 0.6) is 0 Å². The Hall–Kier alpha value is -3.24. The number of alkyl halides is 9. The number of rotatable bonds is 7. The largest absolute Gasteiger partial charge is 0.417 e. The van der Waals surface area contributed by atoms with E-state index in [1.165, 1.54) is 5.32 Å². The Labute approximate surface area is 225 Å². The summed E-state index contributed by atoms with van der Waals surface area (Å²) in [4.78, 5) is 24.1. The first-order chi connectivity index (χ1) is 18.1. The highest BCUT2D eigenvalue weighted by atomic mass is 79.9. The van der Waals surface area contributed by atoms with Crippen LogP contribution in [0.1, 0.15) is 39.9 Å². The molecule has 2 atom stereocenters. The third-order valence-electron chi connectivity index (χ3n) is 5.08. The first-order valence-electron chi connectivity index (χ1n) is 10.6. The van der Waals surface area contributed by atoms with Gasteiger partial charge in [-0.15, -0.1) is 0 Å². The van der Waals surface area contributed by atoms with E-state index in [4.69, 9.17) is 0 Å². The quantitative estimate of drug-likeness (QED) is 0.244. The van der Waals surface area contributed by atoms with Crippen LogP contribution in [0.4, 0.5) is 52.7 Å². The van der Waals surface area contributed by atoms with Gasteiger partial charge >= 0.3 is 18.5 Å². The Kier molecular flexibility index (Phi) is 9.97. The second kappa shape index (κ2) is 12.1. The van der Waals surface area contributed by atoms with Gasteiger partial charge in [-0.2, -0.15) is 39.5 Å². The van der Waals surface area contributed by atoms with Crippen molar-refractivity contribution >= 4 is 33.6 Å². The summed E-state index contributed by atoms with van der Waals surface area (Å²) in [5.41, 5.74) is -5.15. The molecule has 2 amide bonds. The van der Waals surface area contributed by atoms with Crippen molar-refractivity contribution in [2.24, 2.45) is 0 Å².